The van der Waals surface area contributed by atoms with E-state index in [0.29, 0.717) is 11.0 Å². The molecule has 10 nitrogen and oxygen atoms in total. The van der Waals surface area contributed by atoms with Gasteiger partial charge in [-0.05, 0) is 24.6 Å². The van der Waals surface area contributed by atoms with Gasteiger partial charge in [-0.3, -0.25) is 19.7 Å². The summed E-state index contributed by atoms with van der Waals surface area (Å²) in [4.78, 5) is 35.2. The molecule has 0 fully saturated rings. The van der Waals surface area contributed by atoms with E-state index in [1.807, 2.05) is 12.1 Å². The van der Waals surface area contributed by atoms with E-state index in [2.05, 4.69) is 15.5 Å². The topological polar surface area (TPSA) is 129 Å². The predicted octanol–water partition coefficient (Wildman–Crippen LogP) is 3.13. The number of aromatic nitrogens is 3. The van der Waals surface area contributed by atoms with Crippen LogP contribution in [0.4, 0.5) is 5.69 Å². The van der Waals surface area contributed by atoms with Crippen molar-refractivity contribution in [3.05, 3.63) is 75.6 Å². The Morgan fingerprint density at radius 1 is 1.21 bits per heavy atom. The van der Waals surface area contributed by atoms with Gasteiger partial charge in [-0.2, -0.15) is 0 Å². The number of ether oxygens (including phenoxy) is 1. The molecule has 0 aliphatic heterocycles. The van der Waals surface area contributed by atoms with Crippen molar-refractivity contribution in [2.45, 2.75) is 24.5 Å². The molecule has 33 heavy (non-hydrogen) atoms. The molecule has 0 aliphatic carbocycles. The molecular weight excluding hydrogens is 446 g/mol. The van der Waals surface area contributed by atoms with Gasteiger partial charge in [-0.1, -0.05) is 36.0 Å². The van der Waals surface area contributed by atoms with Crippen LogP contribution in [0, 0.1) is 10.1 Å². The highest BCUT2D eigenvalue weighted by molar-refractivity contribution is 7.99. The van der Waals surface area contributed by atoms with Gasteiger partial charge in [-0.25, -0.2) is 0 Å². The van der Waals surface area contributed by atoms with E-state index in [0.717, 1.165) is 11.3 Å². The van der Waals surface area contributed by atoms with E-state index < -0.39 is 11.0 Å². The Morgan fingerprint density at radius 2 is 1.94 bits per heavy atom. The Bertz CT molecular complexity index is 1160. The molecule has 0 radical (unpaired) electrons. The minimum atomic E-state index is -0.538. The van der Waals surface area contributed by atoms with Crippen LogP contribution < -0.4 is 10.1 Å². The first-order valence-electron chi connectivity index (χ1n) is 10.0. The van der Waals surface area contributed by atoms with Crippen LogP contribution in [0.15, 0.2) is 53.7 Å². The van der Waals surface area contributed by atoms with Crippen LogP contribution in [0.25, 0.3) is 0 Å². The lowest BCUT2D eigenvalue weighted by molar-refractivity contribution is -0.384. The number of carbonyl (C=O) groups excluding carboxylic acids is 2. The van der Waals surface area contributed by atoms with E-state index in [-0.39, 0.29) is 35.1 Å². The second-order valence-electron chi connectivity index (χ2n) is 7.23. The number of benzene rings is 2. The van der Waals surface area contributed by atoms with Gasteiger partial charge < -0.3 is 14.6 Å². The number of hydrogen-bond donors (Lipinski definition) is 1. The molecule has 1 amide bonds. The Hall–Kier alpha value is -3.73. The highest BCUT2D eigenvalue weighted by Gasteiger charge is 2.19. The summed E-state index contributed by atoms with van der Waals surface area (Å²) in [5, 5.41) is 22.6. The number of Topliss-reactive ketones (excluding diaryl/α,β-unsaturated/α-hetero) is 1. The van der Waals surface area contributed by atoms with E-state index in [1.165, 1.54) is 30.0 Å². The van der Waals surface area contributed by atoms with Crippen molar-refractivity contribution in [3.63, 3.8) is 0 Å². The third-order valence-corrected chi connectivity index (χ3v) is 5.89. The molecule has 1 N–H and O–H groups in total. The van der Waals surface area contributed by atoms with Gasteiger partial charge in [0, 0.05) is 24.7 Å². The van der Waals surface area contributed by atoms with Gasteiger partial charge in [0.25, 0.3) is 5.69 Å². The first-order chi connectivity index (χ1) is 15.8. The Morgan fingerprint density at radius 3 is 2.61 bits per heavy atom. The molecule has 0 bridgehead atoms. The molecule has 172 valence electrons. The number of hydrogen-bond acceptors (Lipinski definition) is 8. The molecule has 3 aromatic rings. The third kappa shape index (κ3) is 6.16. The second-order valence-corrected chi connectivity index (χ2v) is 8.18. The molecule has 1 atom stereocenters. The van der Waals surface area contributed by atoms with E-state index in [9.17, 15) is 19.7 Å². The van der Waals surface area contributed by atoms with Crippen molar-refractivity contribution < 1.29 is 19.2 Å². The summed E-state index contributed by atoms with van der Waals surface area (Å²) in [7, 11) is 3.34. The summed E-state index contributed by atoms with van der Waals surface area (Å²) >= 11 is 1.17. The quantitative estimate of drug-likeness (QED) is 0.207. The van der Waals surface area contributed by atoms with Crippen LogP contribution >= 0.6 is 11.8 Å². The number of nitrogens with one attached hydrogen (secondary N) is 1. The fourth-order valence-electron chi connectivity index (χ4n) is 3.12. The minimum Gasteiger partial charge on any atom is -0.497 e. The molecule has 0 saturated heterocycles. The second kappa shape index (κ2) is 10.7. The zero-order valence-electron chi connectivity index (χ0n) is 18.3. The van der Waals surface area contributed by atoms with Crippen LogP contribution in [0.2, 0.25) is 0 Å². The van der Waals surface area contributed by atoms with Crippen molar-refractivity contribution in [3.8, 4) is 5.75 Å². The smallest absolute Gasteiger partial charge is 0.270 e. The average molecular weight is 470 g/mol. The van der Waals surface area contributed by atoms with Gasteiger partial charge >= 0.3 is 0 Å². The first-order valence-corrected chi connectivity index (χ1v) is 11.0. The number of methoxy groups -OCH3 is 1. The van der Waals surface area contributed by atoms with Crippen LogP contribution in [-0.2, 0) is 18.3 Å². The number of nitrogens with zero attached hydrogens (tertiary/aromatic N) is 4. The van der Waals surface area contributed by atoms with Gasteiger partial charge in [0.15, 0.2) is 16.8 Å². The molecule has 11 heteroatoms. The van der Waals surface area contributed by atoms with Crippen molar-refractivity contribution in [2.24, 2.45) is 7.05 Å². The number of thioether (sulfide) groups is 1. The molecule has 0 saturated carbocycles. The maximum absolute atomic E-state index is 12.4. The number of nitro benzene ring substituents is 1. The van der Waals surface area contributed by atoms with Crippen molar-refractivity contribution >= 4 is 29.1 Å². The van der Waals surface area contributed by atoms with Crippen LogP contribution in [0.5, 0.6) is 5.75 Å². The molecule has 0 spiro atoms. The molecular formula is C22H23N5O5S. The lowest BCUT2D eigenvalue weighted by Gasteiger charge is -2.14. The maximum atomic E-state index is 12.4. The molecule has 2 aromatic carbocycles. The lowest BCUT2D eigenvalue weighted by Crippen LogP contribution is -2.29. The number of rotatable bonds is 10. The SMILES string of the molecule is COc1ccc(CC(=O)N[C@@H](C)c2nnc(SCC(=O)c3cccc([N+](=O)[O-])c3)n2C)cc1. The number of ketones is 1. The molecule has 1 aromatic heterocycles. The minimum absolute atomic E-state index is 0.0470. The van der Waals surface area contributed by atoms with Gasteiger partial charge in [0.05, 0.1) is 30.2 Å². The largest absolute Gasteiger partial charge is 0.497 e. The summed E-state index contributed by atoms with van der Waals surface area (Å²) in [6.45, 7) is 1.80. The lowest BCUT2D eigenvalue weighted by atomic mass is 10.1. The summed E-state index contributed by atoms with van der Waals surface area (Å²) in [5.74, 6) is 0.898. The summed E-state index contributed by atoms with van der Waals surface area (Å²) in [6, 6.07) is 12.5. The summed E-state index contributed by atoms with van der Waals surface area (Å²) in [6.07, 6.45) is 0.214. The zero-order chi connectivity index (χ0) is 24.0. The van der Waals surface area contributed by atoms with Gasteiger partial charge in [-0.15, -0.1) is 10.2 Å². The molecule has 1 heterocycles. The van der Waals surface area contributed by atoms with Crippen molar-refractivity contribution in [1.82, 2.24) is 20.1 Å². The number of nitro groups is 1. The van der Waals surface area contributed by atoms with Crippen molar-refractivity contribution in [1.29, 1.82) is 0 Å². The number of carbonyl (C=O) groups is 2. The zero-order valence-corrected chi connectivity index (χ0v) is 19.2. The predicted molar refractivity (Wildman–Crippen MR) is 122 cm³/mol. The van der Waals surface area contributed by atoms with Crippen molar-refractivity contribution in [2.75, 3.05) is 12.9 Å². The van der Waals surface area contributed by atoms with E-state index in [4.69, 9.17) is 4.74 Å². The summed E-state index contributed by atoms with van der Waals surface area (Å²) in [5.41, 5.74) is 0.985. The average Bonchev–Trinajstić information content (AvgIpc) is 3.18. The van der Waals surface area contributed by atoms with E-state index >= 15 is 0 Å². The highest BCUT2D eigenvalue weighted by Crippen LogP contribution is 2.22. The molecule has 0 unspecified atom stereocenters. The monoisotopic (exact) mass is 469 g/mol. The van der Waals surface area contributed by atoms with E-state index in [1.54, 1.807) is 43.8 Å². The summed E-state index contributed by atoms with van der Waals surface area (Å²) < 4.78 is 6.83. The van der Waals surface area contributed by atoms with Gasteiger partial charge in [0.1, 0.15) is 5.75 Å². The number of non-ortho nitro benzene ring substituents is 1. The Labute approximate surface area is 194 Å². The molecule has 3 rings (SSSR count). The third-order valence-electron chi connectivity index (χ3n) is 4.87. The van der Waals surface area contributed by atoms with Crippen LogP contribution in [0.3, 0.4) is 0 Å². The van der Waals surface area contributed by atoms with Gasteiger partial charge in [0.2, 0.25) is 5.91 Å². The highest BCUT2D eigenvalue weighted by atomic mass is 32.2. The fourth-order valence-corrected chi connectivity index (χ4v) is 3.93. The Balaban J connectivity index is 1.57. The standard InChI is InChI=1S/C22H23N5O5S/c1-14(23-20(29)11-15-7-9-18(32-3)10-8-15)21-24-25-22(26(21)2)33-13-19(28)16-5-4-6-17(12-16)27(30)31/h4-10,12,14H,11,13H2,1-3H3,(H,23,29)/t14-/m0/s1. The Kier molecular flexibility index (Phi) is 7.78. The first kappa shape index (κ1) is 23.9. The molecule has 0 aliphatic rings. The number of amides is 1. The normalized spacial score (nSPS) is 11.6. The van der Waals surface area contributed by atoms with Crippen LogP contribution in [-0.4, -0.2) is 44.2 Å². The van der Waals surface area contributed by atoms with Crippen LogP contribution in [0.1, 0.15) is 34.7 Å². The maximum Gasteiger partial charge on any atom is 0.270 e. The fraction of sp³-hybridized carbons (Fsp3) is 0.273.